The molecule has 1 aliphatic heterocycles. The second kappa shape index (κ2) is 12.2. The Morgan fingerprint density at radius 3 is 2.48 bits per heavy atom. The van der Waals surface area contributed by atoms with E-state index in [1.54, 1.807) is 13.0 Å². The lowest BCUT2D eigenvalue weighted by atomic mass is 10.1. The molecule has 1 aromatic carbocycles. The summed E-state index contributed by atoms with van der Waals surface area (Å²) in [5.41, 5.74) is -0.649. The lowest BCUT2D eigenvalue weighted by Gasteiger charge is -2.29. The Labute approximate surface area is 182 Å². The quantitative estimate of drug-likeness (QED) is 0.175. The molecule has 0 aliphatic carbocycles. The first-order chi connectivity index (χ1) is 14.9. The van der Waals surface area contributed by atoms with Crippen LogP contribution >= 0.6 is 0 Å². The smallest absolute Gasteiger partial charge is 0.306 e. The number of allylic oxidation sites excluding steroid dienone is 1. The molecule has 1 fully saturated rings. The maximum atomic E-state index is 12.0. The van der Waals surface area contributed by atoms with Crippen LogP contribution in [0.25, 0.3) is 0 Å². The van der Waals surface area contributed by atoms with Gasteiger partial charge in [0.15, 0.2) is 5.69 Å². The number of benzene rings is 1. The lowest BCUT2D eigenvalue weighted by Crippen LogP contribution is -2.38. The SMILES string of the molecule is C=CCCCN(c1c([N+](=O)[O-])cc(OCCCCCC)c(C)c1[N+](=O)[O-])C1OCCO1. The van der Waals surface area contributed by atoms with E-state index >= 15 is 0 Å². The van der Waals surface area contributed by atoms with Crippen LogP contribution in [0.2, 0.25) is 0 Å². The molecule has 0 aromatic heterocycles. The number of hydrogen-bond acceptors (Lipinski definition) is 8. The molecule has 0 N–H and O–H groups in total. The van der Waals surface area contributed by atoms with Gasteiger partial charge in [0.1, 0.15) is 5.75 Å². The average Bonchev–Trinajstić information content (AvgIpc) is 3.26. The fourth-order valence-corrected chi connectivity index (χ4v) is 3.48. The Bertz CT molecular complexity index is 779. The van der Waals surface area contributed by atoms with Crippen LogP contribution in [-0.2, 0) is 9.47 Å². The first-order valence-electron chi connectivity index (χ1n) is 10.6. The largest absolute Gasteiger partial charge is 0.493 e. The van der Waals surface area contributed by atoms with Crippen molar-refractivity contribution in [2.75, 3.05) is 31.3 Å². The third-order valence-electron chi connectivity index (χ3n) is 5.05. The second-order valence-corrected chi connectivity index (χ2v) is 7.31. The summed E-state index contributed by atoms with van der Waals surface area (Å²) in [5, 5.41) is 24.0. The minimum atomic E-state index is -0.928. The molecule has 31 heavy (non-hydrogen) atoms. The molecule has 0 saturated carbocycles. The lowest BCUT2D eigenvalue weighted by molar-refractivity contribution is -0.393. The van der Waals surface area contributed by atoms with E-state index in [2.05, 4.69) is 13.5 Å². The molecule has 10 nitrogen and oxygen atoms in total. The molecule has 0 amide bonds. The van der Waals surface area contributed by atoms with Crippen molar-refractivity contribution < 1.29 is 24.1 Å². The number of rotatable bonds is 14. The van der Waals surface area contributed by atoms with E-state index in [0.29, 0.717) is 32.7 Å². The molecule has 0 radical (unpaired) electrons. The van der Waals surface area contributed by atoms with Crippen molar-refractivity contribution in [1.82, 2.24) is 0 Å². The van der Waals surface area contributed by atoms with Crippen LogP contribution in [0.3, 0.4) is 0 Å². The Morgan fingerprint density at radius 2 is 1.90 bits per heavy atom. The van der Waals surface area contributed by atoms with Crippen molar-refractivity contribution in [1.29, 1.82) is 0 Å². The summed E-state index contributed by atoms with van der Waals surface area (Å²) in [5.74, 6) is 0.151. The summed E-state index contributed by atoms with van der Waals surface area (Å²) in [6.07, 6.45) is 5.87. The van der Waals surface area contributed by atoms with Gasteiger partial charge in [0.2, 0.25) is 6.41 Å². The predicted molar refractivity (Wildman–Crippen MR) is 117 cm³/mol. The van der Waals surface area contributed by atoms with Gasteiger partial charge in [-0.15, -0.1) is 6.58 Å². The number of hydrogen-bond donors (Lipinski definition) is 0. The van der Waals surface area contributed by atoms with Crippen LogP contribution in [0, 0.1) is 27.2 Å². The number of anilines is 1. The van der Waals surface area contributed by atoms with Crippen LogP contribution in [0.15, 0.2) is 18.7 Å². The highest BCUT2D eigenvalue weighted by Crippen LogP contribution is 2.46. The maximum absolute atomic E-state index is 12.0. The zero-order valence-corrected chi connectivity index (χ0v) is 18.2. The Morgan fingerprint density at radius 1 is 1.19 bits per heavy atom. The van der Waals surface area contributed by atoms with Gasteiger partial charge in [0.25, 0.3) is 0 Å². The molecular formula is C21H31N3O7. The molecular weight excluding hydrogens is 406 g/mol. The van der Waals surface area contributed by atoms with Gasteiger partial charge >= 0.3 is 11.4 Å². The molecule has 1 aliphatic rings. The van der Waals surface area contributed by atoms with Crippen molar-refractivity contribution in [2.24, 2.45) is 0 Å². The number of unbranched alkanes of at least 4 members (excludes halogenated alkanes) is 4. The van der Waals surface area contributed by atoms with Crippen LogP contribution in [0.4, 0.5) is 17.1 Å². The number of ether oxygens (including phenoxy) is 3. The molecule has 1 aromatic rings. The zero-order valence-electron chi connectivity index (χ0n) is 18.2. The van der Waals surface area contributed by atoms with Gasteiger partial charge in [0.05, 0.1) is 41.3 Å². The molecule has 0 bridgehead atoms. The molecule has 1 heterocycles. The fourth-order valence-electron chi connectivity index (χ4n) is 3.48. The first-order valence-corrected chi connectivity index (χ1v) is 10.6. The van der Waals surface area contributed by atoms with E-state index in [1.807, 2.05) is 0 Å². The van der Waals surface area contributed by atoms with Gasteiger partial charge in [-0.3, -0.25) is 20.2 Å². The highest BCUT2D eigenvalue weighted by Gasteiger charge is 2.39. The van der Waals surface area contributed by atoms with Crippen molar-refractivity contribution >= 4 is 17.1 Å². The van der Waals surface area contributed by atoms with Crippen molar-refractivity contribution in [2.45, 2.75) is 58.8 Å². The van der Waals surface area contributed by atoms with Crippen LogP contribution in [0.5, 0.6) is 5.75 Å². The third-order valence-corrected chi connectivity index (χ3v) is 5.05. The highest BCUT2D eigenvalue weighted by atomic mass is 16.7. The maximum Gasteiger partial charge on any atom is 0.306 e. The van der Waals surface area contributed by atoms with E-state index in [4.69, 9.17) is 14.2 Å². The van der Waals surface area contributed by atoms with E-state index < -0.39 is 21.9 Å². The van der Waals surface area contributed by atoms with Gasteiger partial charge in [-0.05, 0) is 26.2 Å². The van der Waals surface area contributed by atoms with Crippen molar-refractivity contribution in [3.05, 3.63) is 44.5 Å². The first kappa shape index (κ1) is 24.5. The molecule has 0 atom stereocenters. The van der Waals surface area contributed by atoms with Gasteiger partial charge < -0.3 is 19.1 Å². The van der Waals surface area contributed by atoms with Crippen LogP contribution in [-0.4, -0.2) is 42.6 Å². The van der Waals surface area contributed by atoms with Gasteiger partial charge in [-0.1, -0.05) is 32.3 Å². The van der Waals surface area contributed by atoms with Gasteiger partial charge in [-0.25, -0.2) is 0 Å². The Hall–Kier alpha value is -2.72. The van der Waals surface area contributed by atoms with Crippen LogP contribution in [0.1, 0.15) is 51.0 Å². The molecule has 0 unspecified atom stereocenters. The fraction of sp³-hybridized carbons (Fsp3) is 0.619. The monoisotopic (exact) mass is 437 g/mol. The number of nitro benzene ring substituents is 2. The summed E-state index contributed by atoms with van der Waals surface area (Å²) >= 11 is 0. The topological polar surface area (TPSA) is 117 Å². The second-order valence-electron chi connectivity index (χ2n) is 7.31. The minimum Gasteiger partial charge on any atom is -0.493 e. The van der Waals surface area contributed by atoms with E-state index in [0.717, 1.165) is 25.7 Å². The van der Waals surface area contributed by atoms with E-state index in [1.165, 1.54) is 11.0 Å². The minimum absolute atomic E-state index is 0.123. The van der Waals surface area contributed by atoms with Crippen molar-refractivity contribution in [3.8, 4) is 5.75 Å². The Balaban J connectivity index is 2.49. The number of nitrogens with zero attached hydrogens (tertiary/aromatic N) is 3. The summed E-state index contributed by atoms with van der Waals surface area (Å²) in [4.78, 5) is 24.2. The molecule has 2 rings (SSSR count). The molecule has 172 valence electrons. The summed E-state index contributed by atoms with van der Waals surface area (Å²) < 4.78 is 16.8. The summed E-state index contributed by atoms with van der Waals surface area (Å²) in [6, 6.07) is 1.27. The van der Waals surface area contributed by atoms with Gasteiger partial charge in [0, 0.05) is 6.54 Å². The molecule has 1 saturated heterocycles. The standard InChI is InChI=1S/C21H31N3O7/c1-4-6-8-10-12-29-18-15-17(23(25)26)20(19(16(18)3)24(27)28)22(11-9-7-5-2)21-30-13-14-31-21/h5,15,21H,2,4,6-14H2,1,3H3. The summed E-state index contributed by atoms with van der Waals surface area (Å²) in [7, 11) is 0. The normalized spacial score (nSPS) is 13.9. The van der Waals surface area contributed by atoms with Gasteiger partial charge in [-0.2, -0.15) is 0 Å². The average molecular weight is 437 g/mol. The third kappa shape index (κ3) is 6.38. The summed E-state index contributed by atoms with van der Waals surface area (Å²) in [6.45, 7) is 8.54. The van der Waals surface area contributed by atoms with E-state index in [-0.39, 0.29) is 29.2 Å². The molecule has 0 spiro atoms. The predicted octanol–water partition coefficient (Wildman–Crippen LogP) is 4.87. The Kier molecular flexibility index (Phi) is 9.67. The zero-order chi connectivity index (χ0) is 22.8. The number of nitro groups is 2. The molecule has 10 heteroatoms. The van der Waals surface area contributed by atoms with Crippen LogP contribution < -0.4 is 9.64 Å². The van der Waals surface area contributed by atoms with E-state index in [9.17, 15) is 20.2 Å². The highest BCUT2D eigenvalue weighted by molar-refractivity contribution is 5.80. The van der Waals surface area contributed by atoms with Crippen molar-refractivity contribution in [3.63, 3.8) is 0 Å².